The molecule has 2 heterocycles. The van der Waals surface area contributed by atoms with Crippen LogP contribution >= 0.6 is 0 Å². The van der Waals surface area contributed by atoms with Crippen molar-refractivity contribution in [3.05, 3.63) is 0 Å². The van der Waals surface area contributed by atoms with Gasteiger partial charge in [0.05, 0.1) is 0 Å². The predicted octanol–water partition coefficient (Wildman–Crippen LogP) is -2.82. The van der Waals surface area contributed by atoms with E-state index >= 15 is 0 Å². The Kier molecular flexibility index (Phi) is 10.8. The average molecular weight is 484 g/mol. The monoisotopic (exact) mass is 484 g/mol. The van der Waals surface area contributed by atoms with Crippen molar-refractivity contribution in [3.8, 4) is 0 Å². The van der Waals surface area contributed by atoms with Crippen molar-refractivity contribution in [2.24, 2.45) is 0 Å². The van der Waals surface area contributed by atoms with Crippen LogP contribution in [0, 0.1) is 0 Å². The molecule has 0 saturated carbocycles. The predicted molar refractivity (Wildman–Crippen MR) is 107 cm³/mol. The molecule has 0 spiro atoms. The maximum atomic E-state index is 12.4. The highest BCUT2D eigenvalue weighted by Gasteiger charge is 2.59. The van der Waals surface area contributed by atoms with Crippen molar-refractivity contribution in [3.63, 3.8) is 0 Å². The van der Waals surface area contributed by atoms with Gasteiger partial charge in [-0.1, -0.05) is 39.0 Å². The Morgan fingerprint density at radius 1 is 0.818 bits per heavy atom. The third-order valence-corrected chi connectivity index (χ3v) is 5.77. The first-order valence-corrected chi connectivity index (χ1v) is 11.2. The zero-order valence-electron chi connectivity index (χ0n) is 18.5. The summed E-state index contributed by atoms with van der Waals surface area (Å²) in [5, 5.41) is 79.6. The van der Waals surface area contributed by atoms with Gasteiger partial charge < -0.3 is 59.8 Å². The van der Waals surface area contributed by atoms with E-state index in [9.17, 15) is 45.6 Å². The lowest BCUT2D eigenvalue weighted by Gasteiger charge is -2.49. The first kappa shape index (κ1) is 28.3. The summed E-state index contributed by atoms with van der Waals surface area (Å²) < 4.78 is 20.6. The average Bonchev–Trinajstić information content (AvgIpc) is 2.79. The van der Waals surface area contributed by atoms with E-state index in [1.165, 1.54) is 0 Å². The number of aliphatic hydroxyl groups is 8. The standard InChI is InChI=1S/C20H36O13/c1-2-3-4-5-6-7-8-10(22)32-20(9-21)16(12(24)14(26)18(29)33-20)30-19-15(27)11(23)13(25)17(28)31-19/h11-19,21,23-29H,2-9H2,1H3/t11-,12-,13-,14+,15+,16-,17-,18+,19+,20-/m0/s1. The number of unbranched alkanes of at least 4 members (excludes halogenated alkanes) is 5. The Bertz CT molecular complexity index is 607. The van der Waals surface area contributed by atoms with E-state index < -0.39 is 73.9 Å². The van der Waals surface area contributed by atoms with Crippen molar-refractivity contribution in [2.75, 3.05) is 6.61 Å². The Morgan fingerprint density at radius 3 is 2.06 bits per heavy atom. The number of carbonyl (C=O) groups is 1. The van der Waals surface area contributed by atoms with E-state index in [0.717, 1.165) is 32.1 Å². The summed E-state index contributed by atoms with van der Waals surface area (Å²) in [7, 11) is 0. The van der Waals surface area contributed by atoms with Crippen LogP contribution < -0.4 is 0 Å². The molecule has 33 heavy (non-hydrogen) atoms. The van der Waals surface area contributed by atoms with Gasteiger partial charge in [-0.3, -0.25) is 4.79 Å². The number of esters is 1. The molecular formula is C20H36O13. The first-order valence-electron chi connectivity index (χ1n) is 11.2. The summed E-state index contributed by atoms with van der Waals surface area (Å²) in [5.41, 5.74) is 0. The van der Waals surface area contributed by atoms with Gasteiger partial charge in [0.25, 0.3) is 5.79 Å². The molecule has 13 heteroatoms. The number of hydrogen-bond donors (Lipinski definition) is 8. The largest absolute Gasteiger partial charge is 0.427 e. The molecule has 2 saturated heterocycles. The molecule has 0 bridgehead atoms. The molecule has 8 N–H and O–H groups in total. The molecule has 13 nitrogen and oxygen atoms in total. The van der Waals surface area contributed by atoms with Gasteiger partial charge in [0.2, 0.25) is 0 Å². The van der Waals surface area contributed by atoms with Gasteiger partial charge in [0.15, 0.2) is 25.0 Å². The molecule has 0 unspecified atom stereocenters. The second-order valence-corrected chi connectivity index (χ2v) is 8.37. The third-order valence-electron chi connectivity index (χ3n) is 5.77. The molecule has 0 aromatic carbocycles. The fraction of sp³-hybridized carbons (Fsp3) is 0.950. The van der Waals surface area contributed by atoms with Crippen LogP contribution in [-0.4, -0.2) is 115 Å². The molecular weight excluding hydrogens is 448 g/mol. The Labute approximate surface area is 191 Å². The van der Waals surface area contributed by atoms with E-state index in [1.54, 1.807) is 0 Å². The summed E-state index contributed by atoms with van der Waals surface area (Å²) in [4.78, 5) is 12.4. The van der Waals surface area contributed by atoms with Crippen LogP contribution in [0.2, 0.25) is 0 Å². The second-order valence-electron chi connectivity index (χ2n) is 8.37. The van der Waals surface area contributed by atoms with E-state index in [-0.39, 0.29) is 6.42 Å². The van der Waals surface area contributed by atoms with Crippen molar-refractivity contribution < 1.29 is 64.6 Å². The molecule has 2 fully saturated rings. The normalized spacial score (nSPS) is 41.7. The molecule has 2 rings (SSSR count). The van der Waals surface area contributed by atoms with Crippen LogP contribution in [0.25, 0.3) is 0 Å². The fourth-order valence-electron chi connectivity index (χ4n) is 3.76. The minimum atomic E-state index is -2.51. The van der Waals surface area contributed by atoms with Gasteiger partial charge in [-0.2, -0.15) is 0 Å². The Hall–Kier alpha value is -0.970. The lowest BCUT2D eigenvalue weighted by Crippen LogP contribution is -2.70. The Morgan fingerprint density at radius 2 is 1.42 bits per heavy atom. The van der Waals surface area contributed by atoms with Crippen LogP contribution in [0.1, 0.15) is 51.9 Å². The highest BCUT2D eigenvalue weighted by molar-refractivity contribution is 5.69. The van der Waals surface area contributed by atoms with Gasteiger partial charge >= 0.3 is 5.97 Å². The third kappa shape index (κ3) is 6.80. The zero-order chi connectivity index (χ0) is 24.8. The van der Waals surface area contributed by atoms with Crippen molar-refractivity contribution in [1.29, 1.82) is 0 Å². The van der Waals surface area contributed by atoms with Gasteiger partial charge in [0.1, 0.15) is 37.1 Å². The smallest absolute Gasteiger partial charge is 0.308 e. The van der Waals surface area contributed by atoms with E-state index in [0.29, 0.717) is 6.42 Å². The lowest BCUT2D eigenvalue weighted by molar-refractivity contribution is -0.427. The van der Waals surface area contributed by atoms with Crippen LogP contribution in [0.3, 0.4) is 0 Å². The number of hydrogen-bond acceptors (Lipinski definition) is 13. The van der Waals surface area contributed by atoms with E-state index in [4.69, 9.17) is 18.9 Å². The van der Waals surface area contributed by atoms with Crippen LogP contribution in [0.15, 0.2) is 0 Å². The summed E-state index contributed by atoms with van der Waals surface area (Å²) in [6, 6.07) is 0. The molecule has 2 aliphatic heterocycles. The molecule has 0 aromatic rings. The summed E-state index contributed by atoms with van der Waals surface area (Å²) in [5.74, 6) is -3.35. The molecule has 0 aliphatic carbocycles. The fourth-order valence-corrected chi connectivity index (χ4v) is 3.76. The van der Waals surface area contributed by atoms with Crippen molar-refractivity contribution in [2.45, 2.75) is 113 Å². The minimum Gasteiger partial charge on any atom is -0.427 e. The molecule has 0 amide bonds. The van der Waals surface area contributed by atoms with E-state index in [1.807, 2.05) is 0 Å². The molecule has 10 atom stereocenters. The maximum absolute atomic E-state index is 12.4. The minimum absolute atomic E-state index is 0.0646. The summed E-state index contributed by atoms with van der Waals surface area (Å²) in [6.07, 6.45) is -12.3. The van der Waals surface area contributed by atoms with Gasteiger partial charge in [-0.25, -0.2) is 0 Å². The first-order chi connectivity index (χ1) is 15.6. The van der Waals surface area contributed by atoms with Crippen molar-refractivity contribution >= 4 is 5.97 Å². The van der Waals surface area contributed by atoms with Crippen LogP contribution in [0.4, 0.5) is 0 Å². The highest BCUT2D eigenvalue weighted by atomic mass is 16.8. The number of ether oxygens (including phenoxy) is 4. The number of aliphatic hydroxyl groups excluding tert-OH is 8. The summed E-state index contributed by atoms with van der Waals surface area (Å²) in [6.45, 7) is 0.951. The lowest BCUT2D eigenvalue weighted by atomic mass is 9.95. The van der Waals surface area contributed by atoms with Gasteiger partial charge in [0, 0.05) is 6.42 Å². The van der Waals surface area contributed by atoms with Crippen molar-refractivity contribution in [1.82, 2.24) is 0 Å². The molecule has 2 aliphatic rings. The highest BCUT2D eigenvalue weighted by Crippen LogP contribution is 2.35. The maximum Gasteiger partial charge on any atom is 0.308 e. The van der Waals surface area contributed by atoms with Crippen LogP contribution in [-0.2, 0) is 23.7 Å². The Balaban J connectivity index is 2.12. The van der Waals surface area contributed by atoms with E-state index in [2.05, 4.69) is 6.92 Å². The number of rotatable bonds is 11. The van der Waals surface area contributed by atoms with Gasteiger partial charge in [-0.05, 0) is 6.42 Å². The van der Waals surface area contributed by atoms with Crippen LogP contribution in [0.5, 0.6) is 0 Å². The summed E-state index contributed by atoms with van der Waals surface area (Å²) >= 11 is 0. The topological polar surface area (TPSA) is 216 Å². The quantitative estimate of drug-likeness (QED) is 0.110. The molecule has 0 radical (unpaired) electrons. The molecule has 0 aromatic heterocycles. The second kappa shape index (κ2) is 12.7. The zero-order valence-corrected chi connectivity index (χ0v) is 18.5. The SMILES string of the molecule is CCCCCCCCC(=O)O[C@@]1(CO)O[C@@H](O)[C@H](O)[C@H](O)[C@@H]1O[C@@H]1O[C@H](O)[C@@H](O)[C@H](O)[C@H]1O. The molecule has 194 valence electrons. The van der Waals surface area contributed by atoms with Gasteiger partial charge in [-0.15, -0.1) is 0 Å². The number of carbonyl (C=O) groups excluding carboxylic acids is 1.